The zero-order valence-corrected chi connectivity index (χ0v) is 36.0. The number of allylic oxidation sites excluding steroid dienone is 2. The van der Waals surface area contributed by atoms with Gasteiger partial charge in [0.1, 0.15) is 0 Å². The van der Waals surface area contributed by atoms with E-state index in [1.807, 2.05) is 0 Å². The summed E-state index contributed by atoms with van der Waals surface area (Å²) >= 11 is 0. The zero-order valence-electron chi connectivity index (χ0n) is 21.2. The van der Waals surface area contributed by atoms with Gasteiger partial charge in [0.15, 0.2) is 5.78 Å². The molecule has 170 valence electrons. The first-order valence-corrected chi connectivity index (χ1v) is 9.98. The van der Waals surface area contributed by atoms with E-state index in [2.05, 4.69) is 21.3 Å². The Hall–Kier alpha value is 2.22. The molecule has 0 heterocycles. The van der Waals surface area contributed by atoms with E-state index in [1.54, 1.807) is 38.2 Å². The number of nitrogens with zero attached hydrogens (tertiary/aromatic N) is 3. The largest absolute Gasteiger partial charge is 1.00 e. The standard InChI is InChI=1S/C22H32N4O5.3Rb/c1-16(23-3)13-20(28)14-18-5-7-19(8-6-18)26-22(30)15-21(29)25-10-12-31-11-4-9-24-17(2)27;;;/h5-8,13H,4,9-12,14-15H2,1-3H3,(H4,23,24,25,26,27,28,29,30);;;/q;3*+1/p-3. The van der Waals surface area contributed by atoms with E-state index in [9.17, 15) is 19.2 Å². The van der Waals surface area contributed by atoms with E-state index in [1.165, 1.54) is 13.0 Å². The van der Waals surface area contributed by atoms with Crippen LogP contribution in [-0.2, 0) is 30.3 Å². The van der Waals surface area contributed by atoms with Crippen molar-refractivity contribution in [2.75, 3.05) is 33.4 Å². The van der Waals surface area contributed by atoms with E-state index in [0.717, 1.165) is 11.3 Å². The number of rotatable bonds is 14. The molecule has 0 saturated carbocycles. The molecule has 1 N–H and O–H groups in total. The van der Waals surface area contributed by atoms with Crippen molar-refractivity contribution >= 4 is 29.2 Å². The summed E-state index contributed by atoms with van der Waals surface area (Å²) in [6, 6.07) is 6.70. The molecule has 3 amide bonds. The van der Waals surface area contributed by atoms with Crippen molar-refractivity contribution < 1.29 is 198 Å². The smallest absolute Gasteiger partial charge is 0.654 e. The van der Waals surface area contributed by atoms with Gasteiger partial charge in [0, 0.05) is 50.8 Å². The van der Waals surface area contributed by atoms with Crippen LogP contribution in [-0.4, -0.2) is 56.9 Å². The first-order valence-electron chi connectivity index (χ1n) is 9.98. The number of benzene rings is 1. The molecule has 1 aromatic carbocycles. The van der Waals surface area contributed by atoms with E-state index >= 15 is 0 Å². The first-order chi connectivity index (χ1) is 14.8. The number of ether oxygens (including phenoxy) is 1. The van der Waals surface area contributed by atoms with Gasteiger partial charge in [-0.15, -0.1) is 18.8 Å². The molecule has 12 heteroatoms. The Labute approximate surface area is 348 Å². The van der Waals surface area contributed by atoms with Crippen molar-refractivity contribution in [2.24, 2.45) is 0 Å². The number of hydrogen-bond acceptors (Lipinski definition) is 6. The Balaban J connectivity index is -0.00000320. The topological polar surface area (TPSA) is 132 Å². The minimum atomic E-state index is -0.586. The minimum absolute atomic E-state index is 0. The fourth-order valence-corrected chi connectivity index (χ4v) is 2.36. The maximum atomic E-state index is 11.9. The summed E-state index contributed by atoms with van der Waals surface area (Å²) in [5.41, 5.74) is 2.00. The third-order valence-corrected chi connectivity index (χ3v) is 3.95. The van der Waals surface area contributed by atoms with Gasteiger partial charge in [0.05, 0.1) is 11.8 Å². The number of ketones is 1. The van der Waals surface area contributed by atoms with Crippen LogP contribution in [0, 0.1) is 0 Å². The number of carbonyl (C=O) groups is 4. The predicted molar refractivity (Wildman–Crippen MR) is 118 cm³/mol. The maximum absolute atomic E-state index is 11.9. The monoisotopic (exact) mass is 684 g/mol. The number of hydrogen-bond donors (Lipinski definition) is 1. The molecule has 0 aliphatic rings. The van der Waals surface area contributed by atoms with Crippen molar-refractivity contribution in [2.45, 2.75) is 33.1 Å². The second-order valence-corrected chi connectivity index (χ2v) is 6.71. The molecule has 0 bridgehead atoms. The molecule has 0 radical (unpaired) electrons. The van der Waals surface area contributed by atoms with Crippen LogP contribution in [0.2, 0.25) is 0 Å². The van der Waals surface area contributed by atoms with Gasteiger partial charge in [-0.1, -0.05) is 24.3 Å². The summed E-state index contributed by atoms with van der Waals surface area (Å²) in [6.07, 6.45) is 1.99. The van der Waals surface area contributed by atoms with Crippen LogP contribution in [0.25, 0.3) is 16.0 Å². The Bertz CT molecular complexity index is 789. The summed E-state index contributed by atoms with van der Waals surface area (Å²) in [5.74, 6) is -1.39. The van der Waals surface area contributed by atoms with E-state index in [0.29, 0.717) is 25.3 Å². The van der Waals surface area contributed by atoms with Crippen LogP contribution >= 0.6 is 0 Å². The van der Waals surface area contributed by atoms with Crippen LogP contribution in [0.4, 0.5) is 5.69 Å². The Morgan fingerprint density at radius 1 is 0.912 bits per heavy atom. The van der Waals surface area contributed by atoms with Gasteiger partial charge in [-0.2, -0.15) is 0 Å². The Morgan fingerprint density at radius 3 is 2.15 bits per heavy atom. The molecule has 0 aliphatic carbocycles. The fraction of sp³-hybridized carbons (Fsp3) is 0.455. The predicted octanol–water partition coefficient (Wildman–Crippen LogP) is -5.92. The van der Waals surface area contributed by atoms with E-state index in [-0.39, 0.29) is 206 Å². The third-order valence-electron chi connectivity index (χ3n) is 3.95. The molecule has 0 fully saturated rings. The molecule has 0 aromatic heterocycles. The van der Waals surface area contributed by atoms with Gasteiger partial charge in [-0.25, -0.2) is 0 Å². The van der Waals surface area contributed by atoms with Crippen molar-refractivity contribution in [3.63, 3.8) is 0 Å². The van der Waals surface area contributed by atoms with Crippen molar-refractivity contribution in [1.82, 2.24) is 5.32 Å². The fourth-order valence-electron chi connectivity index (χ4n) is 2.36. The van der Waals surface area contributed by atoms with Crippen LogP contribution in [0.3, 0.4) is 0 Å². The van der Waals surface area contributed by atoms with Crippen LogP contribution in [0.1, 0.15) is 32.3 Å². The molecule has 0 aliphatic heterocycles. The molecule has 0 unspecified atom stereocenters. The second kappa shape index (κ2) is 25.5. The molecular formula is C22H29N4O5Rb3. The average Bonchev–Trinajstić information content (AvgIpc) is 2.70. The van der Waals surface area contributed by atoms with Gasteiger partial charge in [0.2, 0.25) is 0 Å². The average molecular weight is 686 g/mol. The summed E-state index contributed by atoms with van der Waals surface area (Å²) < 4.78 is 5.28. The third kappa shape index (κ3) is 22.2. The molecule has 1 aromatic rings. The van der Waals surface area contributed by atoms with Crippen molar-refractivity contribution in [1.29, 1.82) is 0 Å². The molecule has 9 nitrogen and oxygen atoms in total. The van der Waals surface area contributed by atoms with E-state index in [4.69, 9.17) is 4.74 Å². The number of carbonyl (C=O) groups excluding carboxylic acids is 4. The van der Waals surface area contributed by atoms with E-state index < -0.39 is 18.2 Å². The van der Waals surface area contributed by atoms with Gasteiger partial charge >= 0.3 is 175 Å². The first kappa shape index (κ1) is 40.7. The molecule has 1 rings (SSSR count). The van der Waals surface area contributed by atoms with Gasteiger partial charge in [-0.3, -0.25) is 4.79 Å². The van der Waals surface area contributed by atoms with Crippen LogP contribution in [0.15, 0.2) is 36.0 Å². The molecule has 0 atom stereocenters. The van der Waals surface area contributed by atoms with Gasteiger partial charge < -0.3 is 40.4 Å². The number of nitrogens with one attached hydrogen (secondary N) is 1. The van der Waals surface area contributed by atoms with Crippen molar-refractivity contribution in [3.8, 4) is 0 Å². The van der Waals surface area contributed by atoms with Gasteiger partial charge in [-0.05, 0) is 25.8 Å². The molecular weight excluding hydrogens is 657 g/mol. The minimum Gasteiger partial charge on any atom is -0.654 e. The van der Waals surface area contributed by atoms with Crippen LogP contribution < -0.4 is 180 Å². The normalized spacial score (nSPS) is 9.91. The molecule has 34 heavy (non-hydrogen) atoms. The summed E-state index contributed by atoms with van der Waals surface area (Å²) in [5, 5.41) is 14.2. The number of amides is 3. The van der Waals surface area contributed by atoms with Crippen LogP contribution in [0.5, 0.6) is 0 Å². The summed E-state index contributed by atoms with van der Waals surface area (Å²) in [7, 11) is 1.75. The second-order valence-electron chi connectivity index (χ2n) is 6.71. The van der Waals surface area contributed by atoms with Crippen molar-refractivity contribution in [3.05, 3.63) is 57.6 Å². The maximum Gasteiger partial charge on any atom is 1.00 e. The Kier molecular flexibility index (Phi) is 30.5. The summed E-state index contributed by atoms with van der Waals surface area (Å²) in [4.78, 5) is 46.2. The Morgan fingerprint density at radius 2 is 1.56 bits per heavy atom. The van der Waals surface area contributed by atoms with Gasteiger partial charge in [0.25, 0.3) is 0 Å². The quantitative estimate of drug-likeness (QED) is 0.118. The zero-order chi connectivity index (χ0) is 23.1. The molecule has 0 saturated heterocycles. The molecule has 0 spiro atoms. The summed E-state index contributed by atoms with van der Waals surface area (Å²) in [6.45, 7) is 4.43. The SMILES string of the molecule is CN/C(C)=C\C(=O)Cc1ccc([N-]C(=O)CC(=O)[N-]CCOCCC[N-]C(C)=O)cc1.[Rb+].[Rb+].[Rb+].